The van der Waals surface area contributed by atoms with E-state index < -0.39 is 6.36 Å². The highest BCUT2D eigenvalue weighted by atomic mass is 19.4. The predicted octanol–water partition coefficient (Wildman–Crippen LogP) is 4.01. The van der Waals surface area contributed by atoms with Crippen LogP contribution < -0.4 is 10.1 Å². The highest BCUT2D eigenvalue weighted by Gasteiger charge is 2.35. The van der Waals surface area contributed by atoms with Crippen molar-refractivity contribution in [1.29, 1.82) is 0 Å². The summed E-state index contributed by atoms with van der Waals surface area (Å²) in [5.41, 5.74) is 0.644. The van der Waals surface area contributed by atoms with Crippen molar-refractivity contribution < 1.29 is 17.9 Å². The second-order valence-electron chi connectivity index (χ2n) is 5.00. The molecule has 1 fully saturated rings. The van der Waals surface area contributed by atoms with E-state index in [1.54, 1.807) is 18.2 Å². The summed E-state index contributed by atoms with van der Waals surface area (Å²) in [5, 5.41) is 3.38. The fourth-order valence-corrected chi connectivity index (χ4v) is 2.42. The molecule has 0 aromatic heterocycles. The Bertz CT molecular complexity index is 421. The number of hydrogen-bond acceptors (Lipinski definition) is 2. The number of ether oxygens (including phenoxy) is 1. The van der Waals surface area contributed by atoms with Crippen LogP contribution in [0.5, 0.6) is 5.75 Å². The third-order valence-electron chi connectivity index (χ3n) is 3.84. The SMILES string of the molecule is CCC1(NCc2ccccc2OC(F)(F)F)CCC1. The van der Waals surface area contributed by atoms with Crippen LogP contribution >= 0.6 is 0 Å². The molecule has 0 bridgehead atoms. The molecule has 1 aromatic carbocycles. The molecule has 19 heavy (non-hydrogen) atoms. The molecule has 106 valence electrons. The summed E-state index contributed by atoms with van der Waals surface area (Å²) in [7, 11) is 0. The molecular weight excluding hydrogens is 255 g/mol. The molecule has 0 atom stereocenters. The number of benzene rings is 1. The van der Waals surface area contributed by atoms with Crippen LogP contribution in [0, 0.1) is 0 Å². The molecule has 5 heteroatoms. The molecule has 0 unspecified atom stereocenters. The average Bonchev–Trinajstić information content (AvgIpc) is 2.28. The van der Waals surface area contributed by atoms with Crippen LogP contribution in [0.4, 0.5) is 13.2 Å². The smallest absolute Gasteiger partial charge is 0.405 e. The van der Waals surface area contributed by atoms with Gasteiger partial charge in [-0.2, -0.15) is 0 Å². The van der Waals surface area contributed by atoms with Crippen molar-refractivity contribution in [3.05, 3.63) is 29.8 Å². The zero-order valence-corrected chi connectivity index (χ0v) is 10.9. The lowest BCUT2D eigenvalue weighted by Gasteiger charge is -2.42. The zero-order valence-electron chi connectivity index (χ0n) is 10.9. The van der Waals surface area contributed by atoms with Crippen LogP contribution in [0.15, 0.2) is 24.3 Å². The molecule has 1 aromatic rings. The number of rotatable bonds is 5. The van der Waals surface area contributed by atoms with E-state index in [1.165, 1.54) is 12.5 Å². The van der Waals surface area contributed by atoms with Gasteiger partial charge in [-0.05, 0) is 31.7 Å². The van der Waals surface area contributed by atoms with Gasteiger partial charge in [0.2, 0.25) is 0 Å². The van der Waals surface area contributed by atoms with Crippen LogP contribution in [0.3, 0.4) is 0 Å². The number of hydrogen-bond donors (Lipinski definition) is 1. The predicted molar refractivity (Wildman–Crippen MR) is 66.8 cm³/mol. The Kier molecular flexibility index (Phi) is 4.04. The third-order valence-corrected chi connectivity index (χ3v) is 3.84. The van der Waals surface area contributed by atoms with Gasteiger partial charge in [-0.25, -0.2) is 0 Å². The van der Waals surface area contributed by atoms with Crippen molar-refractivity contribution in [2.45, 2.75) is 51.1 Å². The zero-order chi connectivity index (χ0) is 13.9. The quantitative estimate of drug-likeness (QED) is 0.875. The lowest BCUT2D eigenvalue weighted by atomic mass is 9.75. The minimum absolute atomic E-state index is 0.103. The molecular formula is C14H18F3NO. The Morgan fingerprint density at radius 3 is 2.47 bits per heavy atom. The maximum Gasteiger partial charge on any atom is 0.573 e. The van der Waals surface area contributed by atoms with Crippen molar-refractivity contribution in [2.75, 3.05) is 0 Å². The van der Waals surface area contributed by atoms with E-state index in [4.69, 9.17) is 0 Å². The molecule has 0 amide bonds. The van der Waals surface area contributed by atoms with Gasteiger partial charge in [-0.15, -0.1) is 13.2 Å². The molecule has 1 saturated carbocycles. The highest BCUT2D eigenvalue weighted by Crippen LogP contribution is 2.35. The van der Waals surface area contributed by atoms with Crippen molar-refractivity contribution >= 4 is 0 Å². The molecule has 0 heterocycles. The van der Waals surface area contributed by atoms with E-state index in [2.05, 4.69) is 17.0 Å². The average molecular weight is 273 g/mol. The molecule has 0 spiro atoms. The van der Waals surface area contributed by atoms with Gasteiger partial charge >= 0.3 is 6.36 Å². The third kappa shape index (κ3) is 3.62. The van der Waals surface area contributed by atoms with Crippen molar-refractivity contribution in [3.63, 3.8) is 0 Å². The minimum Gasteiger partial charge on any atom is -0.405 e. The fraction of sp³-hybridized carbons (Fsp3) is 0.571. The first-order chi connectivity index (χ1) is 8.94. The van der Waals surface area contributed by atoms with Crippen LogP contribution in [0.2, 0.25) is 0 Å². The summed E-state index contributed by atoms with van der Waals surface area (Å²) >= 11 is 0. The summed E-state index contributed by atoms with van der Waals surface area (Å²) in [5.74, 6) is -0.118. The van der Waals surface area contributed by atoms with Gasteiger partial charge in [0.1, 0.15) is 5.75 Å². The van der Waals surface area contributed by atoms with E-state index in [9.17, 15) is 13.2 Å². The van der Waals surface area contributed by atoms with Gasteiger partial charge in [0.05, 0.1) is 0 Å². The topological polar surface area (TPSA) is 21.3 Å². The summed E-state index contributed by atoms with van der Waals surface area (Å²) in [6, 6.07) is 6.28. The number of nitrogens with one attached hydrogen (secondary N) is 1. The van der Waals surface area contributed by atoms with E-state index in [-0.39, 0.29) is 11.3 Å². The summed E-state index contributed by atoms with van der Waals surface area (Å²) in [6.45, 7) is 2.50. The van der Waals surface area contributed by atoms with E-state index in [1.807, 2.05) is 0 Å². The van der Waals surface area contributed by atoms with Crippen molar-refractivity contribution in [1.82, 2.24) is 5.32 Å². The first kappa shape index (κ1) is 14.2. The van der Waals surface area contributed by atoms with Crippen LogP contribution in [0.25, 0.3) is 0 Å². The summed E-state index contributed by atoms with van der Waals surface area (Å²) in [6.07, 6.45) is -0.288. The normalized spacial score (nSPS) is 17.9. The van der Waals surface area contributed by atoms with Gasteiger partial charge in [0.15, 0.2) is 0 Å². The van der Waals surface area contributed by atoms with Crippen LogP contribution in [-0.2, 0) is 6.54 Å². The van der Waals surface area contributed by atoms with Crippen LogP contribution in [0.1, 0.15) is 38.2 Å². The minimum atomic E-state index is -4.64. The molecule has 1 N–H and O–H groups in total. The molecule has 0 aliphatic heterocycles. The Balaban J connectivity index is 2.03. The van der Waals surface area contributed by atoms with Gasteiger partial charge in [-0.3, -0.25) is 0 Å². The Labute approximate surface area is 111 Å². The maximum absolute atomic E-state index is 12.3. The maximum atomic E-state index is 12.3. The monoisotopic (exact) mass is 273 g/mol. The Morgan fingerprint density at radius 1 is 1.26 bits per heavy atom. The highest BCUT2D eigenvalue weighted by molar-refractivity contribution is 5.33. The fourth-order valence-electron chi connectivity index (χ4n) is 2.42. The van der Waals surface area contributed by atoms with Crippen molar-refractivity contribution in [3.8, 4) is 5.75 Å². The number of alkyl halides is 3. The lowest BCUT2D eigenvalue weighted by molar-refractivity contribution is -0.274. The number of halogens is 3. The van der Waals surface area contributed by atoms with Crippen LogP contribution in [-0.4, -0.2) is 11.9 Å². The Morgan fingerprint density at radius 2 is 1.95 bits per heavy atom. The van der Waals surface area contributed by atoms with Crippen molar-refractivity contribution in [2.24, 2.45) is 0 Å². The standard InChI is InChI=1S/C14H18F3NO/c1-2-13(8-5-9-13)18-10-11-6-3-4-7-12(11)19-14(15,16)17/h3-4,6-7,18H,2,5,8-10H2,1H3. The van der Waals surface area contributed by atoms with E-state index in [0.29, 0.717) is 12.1 Å². The molecule has 0 saturated heterocycles. The largest absolute Gasteiger partial charge is 0.573 e. The van der Waals surface area contributed by atoms with Gasteiger partial charge < -0.3 is 10.1 Å². The molecule has 1 aliphatic rings. The second kappa shape index (κ2) is 5.41. The molecule has 2 nitrogen and oxygen atoms in total. The Hall–Kier alpha value is -1.23. The first-order valence-electron chi connectivity index (χ1n) is 6.53. The molecule has 0 radical (unpaired) electrons. The first-order valence-corrected chi connectivity index (χ1v) is 6.53. The van der Waals surface area contributed by atoms with Gasteiger partial charge in [0.25, 0.3) is 0 Å². The molecule has 1 aliphatic carbocycles. The van der Waals surface area contributed by atoms with Gasteiger partial charge in [-0.1, -0.05) is 25.1 Å². The molecule has 2 rings (SSSR count). The number of para-hydroxylation sites is 1. The van der Waals surface area contributed by atoms with Gasteiger partial charge in [0, 0.05) is 17.6 Å². The summed E-state index contributed by atoms with van der Waals surface area (Å²) in [4.78, 5) is 0. The lowest BCUT2D eigenvalue weighted by Crippen LogP contribution is -2.49. The van der Waals surface area contributed by atoms with E-state index >= 15 is 0 Å². The summed E-state index contributed by atoms with van der Waals surface area (Å²) < 4.78 is 40.9. The second-order valence-corrected chi connectivity index (χ2v) is 5.00. The van der Waals surface area contributed by atoms with E-state index in [0.717, 1.165) is 19.3 Å².